The van der Waals surface area contributed by atoms with Gasteiger partial charge in [0.2, 0.25) is 15.2 Å². The Morgan fingerprint density at radius 1 is 0.921 bits per heavy atom. The van der Waals surface area contributed by atoms with E-state index in [4.69, 9.17) is 9.15 Å². The average molecular weight is 540 g/mol. The molecule has 38 heavy (non-hydrogen) atoms. The molecule has 1 N–H and O–H groups in total. The molecule has 1 fully saturated rings. The number of rotatable bonds is 8. The number of ether oxygens (including phenoxy) is 1. The van der Waals surface area contributed by atoms with Gasteiger partial charge in [0.05, 0.1) is 11.2 Å². The molecule has 0 bridgehead atoms. The maximum absolute atomic E-state index is 13.5. The summed E-state index contributed by atoms with van der Waals surface area (Å²) in [6.07, 6.45) is 1.28. The van der Waals surface area contributed by atoms with E-state index in [2.05, 4.69) is 5.32 Å². The van der Waals surface area contributed by atoms with Crippen molar-refractivity contribution in [1.29, 1.82) is 0 Å². The van der Waals surface area contributed by atoms with Crippen molar-refractivity contribution in [3.8, 4) is 5.75 Å². The highest BCUT2D eigenvalue weighted by atomic mass is 32.2. The second-order valence-electron chi connectivity index (χ2n) is 8.95. The summed E-state index contributed by atoms with van der Waals surface area (Å²) in [4.78, 5) is 41.7. The molecule has 1 aliphatic heterocycles. The predicted octanol–water partition coefficient (Wildman–Crippen LogP) is 2.18. The maximum atomic E-state index is 13.5. The Morgan fingerprint density at radius 2 is 1.58 bits per heavy atom. The van der Waals surface area contributed by atoms with E-state index in [1.54, 1.807) is 23.1 Å². The fourth-order valence-electron chi connectivity index (χ4n) is 4.03. The zero-order valence-electron chi connectivity index (χ0n) is 21.1. The lowest BCUT2D eigenvalue weighted by Crippen LogP contribution is -2.58. The number of para-hydroxylation sites is 1. The summed E-state index contributed by atoms with van der Waals surface area (Å²) in [7, 11) is -4.29. The van der Waals surface area contributed by atoms with Crippen molar-refractivity contribution < 1.29 is 32.0 Å². The van der Waals surface area contributed by atoms with Gasteiger partial charge in [0.15, 0.2) is 12.4 Å². The lowest BCUT2D eigenvalue weighted by atomic mass is 10.2. The molecule has 10 nitrogen and oxygen atoms in total. The molecule has 1 saturated heterocycles. The first kappa shape index (κ1) is 26.9. The standard InChI is InChI=1S/C27H29N3O7S/c1-19-9-11-21(12-10-19)38(34,35)26(28-25(32)23-8-5-17-36-23)27(33)30-15-13-29(14-16-30)24(31)18-37-22-7-4-3-6-20(22)2/h3-12,17,26H,13-16,18H2,1-2H3,(H,28,32). The average Bonchev–Trinajstić information content (AvgIpc) is 3.46. The lowest BCUT2D eigenvalue weighted by Gasteiger charge is -2.36. The number of carbonyl (C=O) groups is 3. The highest BCUT2D eigenvalue weighted by Gasteiger charge is 2.40. The number of carbonyl (C=O) groups excluding carboxylic acids is 3. The zero-order chi connectivity index (χ0) is 27.3. The van der Waals surface area contributed by atoms with Gasteiger partial charge in [0.25, 0.3) is 17.7 Å². The van der Waals surface area contributed by atoms with Crippen molar-refractivity contribution in [2.75, 3.05) is 32.8 Å². The molecule has 2 aromatic carbocycles. The van der Waals surface area contributed by atoms with Gasteiger partial charge in [-0.1, -0.05) is 35.9 Å². The molecule has 3 aromatic rings. The van der Waals surface area contributed by atoms with Crippen LogP contribution in [0.1, 0.15) is 21.7 Å². The molecule has 3 amide bonds. The van der Waals surface area contributed by atoms with Crippen LogP contribution in [-0.2, 0) is 19.4 Å². The summed E-state index contributed by atoms with van der Waals surface area (Å²) >= 11 is 0. The molecule has 0 aliphatic carbocycles. The summed E-state index contributed by atoms with van der Waals surface area (Å²) in [5.41, 5.74) is 1.76. The molecule has 1 unspecified atom stereocenters. The smallest absolute Gasteiger partial charge is 0.288 e. The minimum Gasteiger partial charge on any atom is -0.484 e. The van der Waals surface area contributed by atoms with E-state index in [-0.39, 0.29) is 49.3 Å². The highest BCUT2D eigenvalue weighted by Crippen LogP contribution is 2.20. The summed E-state index contributed by atoms with van der Waals surface area (Å²) in [6, 6.07) is 16.3. The van der Waals surface area contributed by atoms with Gasteiger partial charge in [-0.3, -0.25) is 14.4 Å². The van der Waals surface area contributed by atoms with Crippen LogP contribution in [0.4, 0.5) is 0 Å². The van der Waals surface area contributed by atoms with E-state index in [9.17, 15) is 22.8 Å². The van der Waals surface area contributed by atoms with Crippen molar-refractivity contribution >= 4 is 27.6 Å². The van der Waals surface area contributed by atoms with E-state index in [1.807, 2.05) is 32.0 Å². The molecular weight excluding hydrogens is 510 g/mol. The van der Waals surface area contributed by atoms with Crippen LogP contribution in [-0.4, -0.2) is 74.1 Å². The number of furan rings is 1. The first-order valence-electron chi connectivity index (χ1n) is 12.1. The molecule has 2 heterocycles. The molecule has 11 heteroatoms. The zero-order valence-corrected chi connectivity index (χ0v) is 21.9. The number of aryl methyl sites for hydroxylation is 2. The van der Waals surface area contributed by atoms with Crippen molar-refractivity contribution in [1.82, 2.24) is 15.1 Å². The van der Waals surface area contributed by atoms with Crippen LogP contribution in [0.3, 0.4) is 0 Å². The molecule has 200 valence electrons. The Kier molecular flexibility index (Phi) is 8.16. The van der Waals surface area contributed by atoms with Crippen LogP contribution in [0.15, 0.2) is 76.2 Å². The fourth-order valence-corrected chi connectivity index (χ4v) is 5.49. The summed E-state index contributed by atoms with van der Waals surface area (Å²) in [5.74, 6) is -1.35. The maximum Gasteiger partial charge on any atom is 0.288 e. The van der Waals surface area contributed by atoms with E-state index < -0.39 is 27.0 Å². The first-order chi connectivity index (χ1) is 18.2. The fraction of sp³-hybridized carbons (Fsp3) is 0.296. The van der Waals surface area contributed by atoms with Gasteiger partial charge in [-0.25, -0.2) is 8.42 Å². The van der Waals surface area contributed by atoms with Crippen molar-refractivity contribution in [2.45, 2.75) is 24.1 Å². The number of nitrogens with one attached hydrogen (secondary N) is 1. The van der Waals surface area contributed by atoms with E-state index >= 15 is 0 Å². The first-order valence-corrected chi connectivity index (χ1v) is 13.6. The number of nitrogens with zero attached hydrogens (tertiary/aromatic N) is 2. The number of sulfone groups is 1. The van der Waals surface area contributed by atoms with Crippen LogP contribution in [0, 0.1) is 13.8 Å². The highest BCUT2D eigenvalue weighted by molar-refractivity contribution is 7.92. The van der Waals surface area contributed by atoms with Crippen LogP contribution in [0.2, 0.25) is 0 Å². The monoisotopic (exact) mass is 539 g/mol. The Labute approximate surface area is 221 Å². The molecular formula is C27H29N3O7S. The molecule has 1 aliphatic rings. The Morgan fingerprint density at radius 3 is 2.21 bits per heavy atom. The normalized spacial score (nSPS) is 14.6. The Hall–Kier alpha value is -4.12. The Bertz CT molecular complexity index is 1390. The third-order valence-electron chi connectivity index (χ3n) is 6.28. The van der Waals surface area contributed by atoms with Crippen LogP contribution in [0.25, 0.3) is 0 Å². The van der Waals surface area contributed by atoms with Gasteiger partial charge in [-0.05, 0) is 49.7 Å². The summed E-state index contributed by atoms with van der Waals surface area (Å²) in [6.45, 7) is 4.15. The van der Waals surface area contributed by atoms with Crippen molar-refractivity contribution in [2.24, 2.45) is 0 Å². The molecule has 0 radical (unpaired) electrons. The molecule has 4 rings (SSSR count). The Balaban J connectivity index is 1.45. The van der Waals surface area contributed by atoms with Gasteiger partial charge < -0.3 is 24.3 Å². The quantitative estimate of drug-likeness (QED) is 0.465. The largest absolute Gasteiger partial charge is 0.484 e. The van der Waals surface area contributed by atoms with Gasteiger partial charge in [0, 0.05) is 26.2 Å². The minimum absolute atomic E-state index is 0.0941. The van der Waals surface area contributed by atoms with E-state index in [0.717, 1.165) is 11.1 Å². The van der Waals surface area contributed by atoms with E-state index in [1.165, 1.54) is 35.4 Å². The number of piperazine rings is 1. The molecule has 0 spiro atoms. The number of benzene rings is 2. The topological polar surface area (TPSA) is 126 Å². The summed E-state index contributed by atoms with van der Waals surface area (Å²) in [5, 5.41) is 0.469. The van der Waals surface area contributed by atoms with Gasteiger partial charge in [0.1, 0.15) is 5.75 Å². The second-order valence-corrected chi connectivity index (χ2v) is 11.0. The van der Waals surface area contributed by atoms with Crippen LogP contribution >= 0.6 is 0 Å². The van der Waals surface area contributed by atoms with E-state index in [0.29, 0.717) is 5.75 Å². The van der Waals surface area contributed by atoms with Gasteiger partial charge in [-0.15, -0.1) is 0 Å². The third kappa shape index (κ3) is 6.05. The number of hydrogen-bond acceptors (Lipinski definition) is 7. The van der Waals surface area contributed by atoms with Crippen molar-refractivity contribution in [3.63, 3.8) is 0 Å². The molecule has 1 atom stereocenters. The molecule has 1 aromatic heterocycles. The predicted molar refractivity (Wildman–Crippen MR) is 138 cm³/mol. The lowest BCUT2D eigenvalue weighted by molar-refractivity contribution is -0.140. The van der Waals surface area contributed by atoms with Crippen molar-refractivity contribution in [3.05, 3.63) is 83.8 Å². The number of amides is 3. The second kappa shape index (κ2) is 11.5. The van der Waals surface area contributed by atoms with Crippen LogP contribution < -0.4 is 10.1 Å². The third-order valence-corrected chi connectivity index (χ3v) is 8.15. The SMILES string of the molecule is Cc1ccc(S(=O)(=O)C(NC(=O)c2ccco2)C(=O)N2CCN(C(=O)COc3ccccc3C)CC2)cc1. The van der Waals surface area contributed by atoms with Gasteiger partial charge in [-0.2, -0.15) is 0 Å². The number of hydrogen-bond donors (Lipinski definition) is 1. The molecule has 0 saturated carbocycles. The summed E-state index contributed by atoms with van der Waals surface area (Å²) < 4.78 is 37.7. The van der Waals surface area contributed by atoms with Gasteiger partial charge >= 0.3 is 0 Å². The minimum atomic E-state index is -4.29. The van der Waals surface area contributed by atoms with Crippen LogP contribution in [0.5, 0.6) is 5.75 Å².